The van der Waals surface area contributed by atoms with E-state index in [2.05, 4.69) is 21.2 Å². The molecule has 1 saturated heterocycles. The van der Waals surface area contributed by atoms with E-state index >= 15 is 0 Å². The molecule has 134 valence electrons. The number of urea groups is 1. The van der Waals surface area contributed by atoms with Gasteiger partial charge in [-0.1, -0.05) is 45.8 Å². The highest BCUT2D eigenvalue weighted by atomic mass is 79.9. The predicted octanol–water partition coefficient (Wildman–Crippen LogP) is 4.25. The van der Waals surface area contributed by atoms with E-state index < -0.39 is 6.03 Å². The van der Waals surface area contributed by atoms with Gasteiger partial charge in [-0.05, 0) is 43.7 Å². The second-order valence-electron chi connectivity index (χ2n) is 5.98. The van der Waals surface area contributed by atoms with Crippen molar-refractivity contribution in [3.63, 3.8) is 0 Å². The number of carbonyl (C=O) groups is 2. The van der Waals surface area contributed by atoms with Gasteiger partial charge < -0.3 is 10.1 Å². The van der Waals surface area contributed by atoms with Crippen molar-refractivity contribution in [2.24, 2.45) is 0 Å². The Morgan fingerprint density at radius 2 is 1.88 bits per heavy atom. The first kappa shape index (κ1) is 18.2. The normalized spacial score (nSPS) is 15.5. The second-order valence-corrected chi connectivity index (χ2v) is 6.90. The summed E-state index contributed by atoms with van der Waals surface area (Å²) < 4.78 is 6.46. The van der Waals surface area contributed by atoms with Gasteiger partial charge in [-0.2, -0.15) is 0 Å². The molecule has 5 nitrogen and oxygen atoms in total. The Bertz CT molecular complexity index is 875. The SMILES string of the molecule is CCOc1ccc(Br)cc1C=C1NC(=O)N(Cc2ccc(C)cc2)C1=O. The highest BCUT2D eigenvalue weighted by Crippen LogP contribution is 2.27. The van der Waals surface area contributed by atoms with Crippen LogP contribution < -0.4 is 10.1 Å². The van der Waals surface area contributed by atoms with Gasteiger partial charge in [-0.25, -0.2) is 4.79 Å². The van der Waals surface area contributed by atoms with Crippen LogP contribution in [-0.2, 0) is 11.3 Å². The Morgan fingerprint density at radius 3 is 2.58 bits per heavy atom. The minimum atomic E-state index is -0.421. The third-order valence-electron chi connectivity index (χ3n) is 4.00. The minimum absolute atomic E-state index is 0.235. The number of amides is 3. The highest BCUT2D eigenvalue weighted by Gasteiger charge is 2.33. The highest BCUT2D eigenvalue weighted by molar-refractivity contribution is 9.10. The van der Waals surface area contributed by atoms with Gasteiger partial charge in [-0.15, -0.1) is 0 Å². The fourth-order valence-corrected chi connectivity index (χ4v) is 3.04. The maximum absolute atomic E-state index is 12.7. The summed E-state index contributed by atoms with van der Waals surface area (Å²) in [6.45, 7) is 4.63. The van der Waals surface area contributed by atoms with E-state index in [1.54, 1.807) is 6.08 Å². The summed E-state index contributed by atoms with van der Waals surface area (Å²) in [7, 11) is 0. The molecule has 0 bridgehead atoms. The van der Waals surface area contributed by atoms with E-state index in [0.717, 1.165) is 21.2 Å². The number of nitrogens with zero attached hydrogens (tertiary/aromatic N) is 1. The first-order chi connectivity index (χ1) is 12.5. The average molecular weight is 415 g/mol. The Balaban J connectivity index is 1.85. The molecule has 0 aliphatic carbocycles. The van der Waals surface area contributed by atoms with Gasteiger partial charge in [-0.3, -0.25) is 9.69 Å². The van der Waals surface area contributed by atoms with Gasteiger partial charge >= 0.3 is 6.03 Å². The van der Waals surface area contributed by atoms with Crippen molar-refractivity contribution in [1.82, 2.24) is 10.2 Å². The first-order valence-electron chi connectivity index (χ1n) is 8.30. The Morgan fingerprint density at radius 1 is 1.15 bits per heavy atom. The molecule has 1 heterocycles. The number of rotatable bonds is 5. The summed E-state index contributed by atoms with van der Waals surface area (Å²) in [6, 6.07) is 12.9. The molecule has 3 rings (SSSR count). The molecule has 6 heteroatoms. The van der Waals surface area contributed by atoms with Crippen LogP contribution in [0.1, 0.15) is 23.6 Å². The lowest BCUT2D eigenvalue weighted by molar-refractivity contribution is -0.123. The third-order valence-corrected chi connectivity index (χ3v) is 4.49. The van der Waals surface area contributed by atoms with Crippen molar-refractivity contribution < 1.29 is 14.3 Å². The van der Waals surface area contributed by atoms with Crippen LogP contribution in [-0.4, -0.2) is 23.4 Å². The van der Waals surface area contributed by atoms with E-state index in [1.807, 2.05) is 56.3 Å². The fourth-order valence-electron chi connectivity index (χ4n) is 2.67. The molecule has 0 aromatic heterocycles. The minimum Gasteiger partial charge on any atom is -0.493 e. The summed E-state index contributed by atoms with van der Waals surface area (Å²) in [4.78, 5) is 26.1. The zero-order valence-corrected chi connectivity index (χ0v) is 16.2. The van der Waals surface area contributed by atoms with Gasteiger partial charge in [0.05, 0.1) is 13.2 Å². The number of ether oxygens (including phenoxy) is 1. The molecule has 1 fully saturated rings. The second kappa shape index (κ2) is 7.74. The topological polar surface area (TPSA) is 58.6 Å². The standard InChI is InChI=1S/C20H19BrN2O3/c1-3-26-18-9-8-16(21)10-15(18)11-17-19(24)23(20(25)22-17)12-14-6-4-13(2)5-7-14/h4-11H,3,12H2,1-2H3,(H,22,25). The van der Waals surface area contributed by atoms with E-state index in [1.165, 1.54) is 4.90 Å². The lowest BCUT2D eigenvalue weighted by Crippen LogP contribution is -2.30. The lowest BCUT2D eigenvalue weighted by Gasteiger charge is -2.12. The van der Waals surface area contributed by atoms with Crippen molar-refractivity contribution in [3.05, 3.63) is 69.3 Å². The van der Waals surface area contributed by atoms with Crippen molar-refractivity contribution in [3.8, 4) is 5.75 Å². The number of imide groups is 1. The molecule has 1 aliphatic rings. The monoisotopic (exact) mass is 414 g/mol. The predicted molar refractivity (Wildman–Crippen MR) is 104 cm³/mol. The molecular formula is C20H19BrN2O3. The number of hydrogen-bond donors (Lipinski definition) is 1. The van der Waals surface area contributed by atoms with Gasteiger partial charge in [0.15, 0.2) is 0 Å². The maximum Gasteiger partial charge on any atom is 0.329 e. The van der Waals surface area contributed by atoms with Crippen LogP contribution in [0.2, 0.25) is 0 Å². The third kappa shape index (κ3) is 3.96. The molecule has 2 aromatic rings. The van der Waals surface area contributed by atoms with Crippen molar-refractivity contribution in [2.45, 2.75) is 20.4 Å². The fraction of sp³-hybridized carbons (Fsp3) is 0.200. The summed E-state index contributed by atoms with van der Waals surface area (Å²) >= 11 is 3.42. The summed E-state index contributed by atoms with van der Waals surface area (Å²) in [6.07, 6.45) is 1.64. The zero-order valence-electron chi connectivity index (χ0n) is 14.6. The Hall–Kier alpha value is -2.60. The van der Waals surface area contributed by atoms with Crippen LogP contribution >= 0.6 is 15.9 Å². The van der Waals surface area contributed by atoms with Crippen molar-refractivity contribution in [1.29, 1.82) is 0 Å². The molecule has 0 unspecified atom stereocenters. The van der Waals surface area contributed by atoms with Gasteiger partial charge in [0.25, 0.3) is 5.91 Å². The number of hydrogen-bond acceptors (Lipinski definition) is 3. The van der Waals surface area contributed by atoms with Crippen LogP contribution in [0, 0.1) is 6.92 Å². The van der Waals surface area contributed by atoms with Crippen molar-refractivity contribution in [2.75, 3.05) is 6.61 Å². The van der Waals surface area contributed by atoms with E-state index in [4.69, 9.17) is 4.74 Å². The number of halogens is 1. The summed E-state index contributed by atoms with van der Waals surface area (Å²) in [5, 5.41) is 2.65. The van der Waals surface area contributed by atoms with Crippen LogP contribution in [0.25, 0.3) is 6.08 Å². The molecule has 0 spiro atoms. The van der Waals surface area contributed by atoms with Gasteiger partial charge in [0, 0.05) is 10.0 Å². The molecule has 1 aliphatic heterocycles. The van der Waals surface area contributed by atoms with Crippen molar-refractivity contribution >= 4 is 33.9 Å². The largest absolute Gasteiger partial charge is 0.493 e. The van der Waals surface area contributed by atoms with Gasteiger partial charge in [0.2, 0.25) is 0 Å². The molecule has 0 radical (unpaired) electrons. The van der Waals surface area contributed by atoms with E-state index in [9.17, 15) is 9.59 Å². The number of aryl methyl sites for hydroxylation is 1. The quantitative estimate of drug-likeness (QED) is 0.587. The number of nitrogens with one attached hydrogen (secondary N) is 1. The molecule has 3 amide bonds. The number of carbonyl (C=O) groups excluding carboxylic acids is 2. The molecular weight excluding hydrogens is 396 g/mol. The van der Waals surface area contributed by atoms with Crippen LogP contribution in [0.15, 0.2) is 52.6 Å². The smallest absolute Gasteiger partial charge is 0.329 e. The molecule has 26 heavy (non-hydrogen) atoms. The van der Waals surface area contributed by atoms with Crippen LogP contribution in [0.3, 0.4) is 0 Å². The molecule has 0 atom stereocenters. The Kier molecular flexibility index (Phi) is 5.42. The molecule has 0 saturated carbocycles. The van der Waals surface area contributed by atoms with E-state index in [0.29, 0.717) is 12.4 Å². The Labute approximate surface area is 160 Å². The average Bonchev–Trinajstić information content (AvgIpc) is 2.87. The van der Waals surface area contributed by atoms with E-state index in [-0.39, 0.29) is 18.1 Å². The van der Waals surface area contributed by atoms with Gasteiger partial charge in [0.1, 0.15) is 11.4 Å². The number of benzene rings is 2. The lowest BCUT2D eigenvalue weighted by atomic mass is 10.1. The van der Waals surface area contributed by atoms with Crippen LogP contribution in [0.4, 0.5) is 4.79 Å². The first-order valence-corrected chi connectivity index (χ1v) is 9.09. The maximum atomic E-state index is 12.7. The molecule has 1 N–H and O–H groups in total. The molecule has 2 aromatic carbocycles. The summed E-state index contributed by atoms with van der Waals surface area (Å²) in [5.74, 6) is 0.306. The zero-order chi connectivity index (χ0) is 18.7. The van der Waals surface area contributed by atoms with Crippen LogP contribution in [0.5, 0.6) is 5.75 Å². The summed E-state index contributed by atoms with van der Waals surface area (Å²) in [5.41, 5.74) is 2.99.